The number of carbonyl (C=O) groups is 2. The van der Waals surface area contributed by atoms with Gasteiger partial charge in [-0.2, -0.15) is 0 Å². The number of methoxy groups -OCH3 is 1. The monoisotopic (exact) mass is 288 g/mol. The lowest BCUT2D eigenvalue weighted by Gasteiger charge is -2.06. The molecule has 0 heterocycles. The molecule has 0 spiro atoms. The summed E-state index contributed by atoms with van der Waals surface area (Å²) in [6.45, 7) is -0.434. The molecule has 0 radical (unpaired) electrons. The summed E-state index contributed by atoms with van der Waals surface area (Å²) in [7, 11) is 1.28. The van der Waals surface area contributed by atoms with E-state index in [2.05, 4.69) is 20.7 Å². The number of carboxylic acid groups (broad SMARTS) is 1. The van der Waals surface area contributed by atoms with Crippen LogP contribution in [0.2, 0.25) is 0 Å². The van der Waals surface area contributed by atoms with Crippen LogP contribution >= 0.6 is 15.9 Å². The number of carbonyl (C=O) groups excluding carboxylic acids is 1. The van der Waals surface area contributed by atoms with Crippen LogP contribution < -0.4 is 4.74 Å². The van der Waals surface area contributed by atoms with E-state index in [1.54, 1.807) is 0 Å². The summed E-state index contributed by atoms with van der Waals surface area (Å²) in [5, 5.41) is 8.43. The first kappa shape index (κ1) is 12.5. The Morgan fingerprint density at radius 2 is 2.12 bits per heavy atom. The van der Waals surface area contributed by atoms with Gasteiger partial charge >= 0.3 is 11.9 Å². The van der Waals surface area contributed by atoms with E-state index >= 15 is 0 Å². The van der Waals surface area contributed by atoms with Crippen LogP contribution in [0.3, 0.4) is 0 Å². The fraction of sp³-hybridized carbons (Fsp3) is 0.200. The Labute approximate surface area is 100 Å². The second-order valence-corrected chi connectivity index (χ2v) is 3.67. The molecule has 0 bridgehead atoms. The number of halogens is 1. The molecule has 0 aliphatic rings. The number of hydrogen-bond donors (Lipinski definition) is 1. The third-order valence-electron chi connectivity index (χ3n) is 1.70. The molecule has 0 unspecified atom stereocenters. The molecule has 1 N–H and O–H groups in total. The van der Waals surface area contributed by atoms with E-state index in [1.165, 1.54) is 25.3 Å². The molecule has 86 valence electrons. The maximum Gasteiger partial charge on any atom is 0.341 e. The van der Waals surface area contributed by atoms with Gasteiger partial charge in [0.15, 0.2) is 6.61 Å². The Hall–Kier alpha value is -1.56. The first-order valence-corrected chi connectivity index (χ1v) is 5.06. The van der Waals surface area contributed by atoms with Crippen molar-refractivity contribution in [3.63, 3.8) is 0 Å². The Morgan fingerprint density at radius 3 is 2.62 bits per heavy atom. The van der Waals surface area contributed by atoms with Crippen molar-refractivity contribution in [1.82, 2.24) is 0 Å². The van der Waals surface area contributed by atoms with Gasteiger partial charge in [-0.25, -0.2) is 9.59 Å². The third kappa shape index (κ3) is 3.23. The van der Waals surface area contributed by atoms with E-state index in [0.29, 0.717) is 15.8 Å². The van der Waals surface area contributed by atoms with Crippen LogP contribution in [0.4, 0.5) is 0 Å². The number of hydrogen-bond acceptors (Lipinski definition) is 4. The fourth-order valence-corrected chi connectivity index (χ4v) is 1.50. The van der Waals surface area contributed by atoms with E-state index in [-0.39, 0.29) is 0 Å². The molecule has 1 rings (SSSR count). The van der Waals surface area contributed by atoms with Crippen molar-refractivity contribution < 1.29 is 24.2 Å². The lowest BCUT2D eigenvalue weighted by atomic mass is 10.2. The molecule has 1 aromatic carbocycles. The van der Waals surface area contributed by atoms with Gasteiger partial charge in [-0.1, -0.05) is 0 Å². The van der Waals surface area contributed by atoms with Crippen molar-refractivity contribution >= 4 is 27.9 Å². The quantitative estimate of drug-likeness (QED) is 0.854. The molecular weight excluding hydrogens is 280 g/mol. The smallest absolute Gasteiger partial charge is 0.341 e. The summed E-state index contributed by atoms with van der Waals surface area (Å²) >= 11 is 3.17. The van der Waals surface area contributed by atoms with Crippen LogP contribution in [-0.2, 0) is 9.53 Å². The standard InChI is InChI=1S/C10H9BrO5/c1-15-10(14)6-2-3-8(7(11)4-6)16-5-9(12)13/h2-4H,5H2,1H3,(H,12,13). The predicted molar refractivity (Wildman–Crippen MR) is 58.6 cm³/mol. The lowest BCUT2D eigenvalue weighted by molar-refractivity contribution is -0.139. The van der Waals surface area contributed by atoms with Crippen molar-refractivity contribution in [3.05, 3.63) is 28.2 Å². The molecule has 16 heavy (non-hydrogen) atoms. The van der Waals surface area contributed by atoms with Gasteiger partial charge in [-0.05, 0) is 34.1 Å². The zero-order valence-electron chi connectivity index (χ0n) is 8.40. The minimum atomic E-state index is -1.07. The first-order valence-electron chi connectivity index (χ1n) is 4.27. The molecule has 0 aliphatic carbocycles. The van der Waals surface area contributed by atoms with Crippen molar-refractivity contribution in [2.24, 2.45) is 0 Å². The van der Waals surface area contributed by atoms with E-state index < -0.39 is 18.5 Å². The molecule has 5 nitrogen and oxygen atoms in total. The van der Waals surface area contributed by atoms with E-state index in [0.717, 1.165) is 0 Å². The summed E-state index contributed by atoms with van der Waals surface area (Å²) < 4.78 is 10.00. The Morgan fingerprint density at radius 1 is 1.44 bits per heavy atom. The maximum atomic E-state index is 11.2. The van der Waals surface area contributed by atoms with Gasteiger partial charge in [0, 0.05) is 0 Å². The summed E-state index contributed by atoms with van der Waals surface area (Å²) in [6.07, 6.45) is 0. The number of carboxylic acids is 1. The molecule has 0 aromatic heterocycles. The van der Waals surface area contributed by atoms with Gasteiger partial charge in [0.1, 0.15) is 5.75 Å². The molecule has 0 fully saturated rings. The normalized spacial score (nSPS) is 9.62. The van der Waals surface area contributed by atoms with Crippen LogP contribution in [0.25, 0.3) is 0 Å². The topological polar surface area (TPSA) is 72.8 Å². The Balaban J connectivity index is 2.83. The van der Waals surface area contributed by atoms with Crippen LogP contribution in [0, 0.1) is 0 Å². The number of aliphatic carboxylic acids is 1. The molecule has 0 aliphatic heterocycles. The summed E-state index contributed by atoms with van der Waals surface area (Å²) in [5.74, 6) is -1.18. The molecule has 1 aromatic rings. The van der Waals surface area contributed by atoms with Crippen LogP contribution in [0.15, 0.2) is 22.7 Å². The highest BCUT2D eigenvalue weighted by atomic mass is 79.9. The lowest BCUT2D eigenvalue weighted by Crippen LogP contribution is -2.10. The van der Waals surface area contributed by atoms with Crippen molar-refractivity contribution in [3.8, 4) is 5.75 Å². The zero-order chi connectivity index (χ0) is 12.1. The SMILES string of the molecule is COC(=O)c1ccc(OCC(=O)O)c(Br)c1. The average Bonchev–Trinajstić information content (AvgIpc) is 2.26. The zero-order valence-corrected chi connectivity index (χ0v) is 9.98. The minimum absolute atomic E-state index is 0.357. The number of rotatable bonds is 4. The second-order valence-electron chi connectivity index (χ2n) is 2.82. The van der Waals surface area contributed by atoms with Gasteiger partial charge < -0.3 is 14.6 Å². The van der Waals surface area contributed by atoms with E-state index in [9.17, 15) is 9.59 Å². The van der Waals surface area contributed by atoms with Crippen LogP contribution in [0.1, 0.15) is 10.4 Å². The molecule has 0 saturated carbocycles. The molecule has 6 heteroatoms. The highest BCUT2D eigenvalue weighted by Crippen LogP contribution is 2.26. The number of esters is 1. The van der Waals surface area contributed by atoms with Crippen LogP contribution in [-0.4, -0.2) is 30.8 Å². The molecule has 0 amide bonds. The van der Waals surface area contributed by atoms with Gasteiger partial charge in [-0.15, -0.1) is 0 Å². The maximum absolute atomic E-state index is 11.2. The number of benzene rings is 1. The van der Waals surface area contributed by atoms with E-state index in [4.69, 9.17) is 9.84 Å². The van der Waals surface area contributed by atoms with E-state index in [1.807, 2.05) is 0 Å². The second kappa shape index (κ2) is 5.50. The van der Waals surface area contributed by atoms with Crippen molar-refractivity contribution in [2.45, 2.75) is 0 Å². The molecular formula is C10H9BrO5. The summed E-state index contributed by atoms with van der Waals surface area (Å²) in [5.41, 5.74) is 0.358. The number of ether oxygens (including phenoxy) is 2. The van der Waals surface area contributed by atoms with Crippen molar-refractivity contribution in [2.75, 3.05) is 13.7 Å². The third-order valence-corrected chi connectivity index (χ3v) is 2.32. The minimum Gasteiger partial charge on any atom is -0.481 e. The van der Waals surface area contributed by atoms with Crippen LogP contribution in [0.5, 0.6) is 5.75 Å². The largest absolute Gasteiger partial charge is 0.481 e. The van der Waals surface area contributed by atoms with Crippen molar-refractivity contribution in [1.29, 1.82) is 0 Å². The average molecular weight is 289 g/mol. The predicted octanol–water partition coefficient (Wildman–Crippen LogP) is 1.70. The summed E-state index contributed by atoms with van der Waals surface area (Å²) in [4.78, 5) is 21.5. The fourth-order valence-electron chi connectivity index (χ4n) is 1.00. The van der Waals surface area contributed by atoms with Gasteiger partial charge in [0.25, 0.3) is 0 Å². The summed E-state index contributed by atoms with van der Waals surface area (Å²) in [6, 6.07) is 4.50. The van der Waals surface area contributed by atoms with Gasteiger partial charge in [-0.3, -0.25) is 0 Å². The molecule has 0 atom stereocenters. The Bertz CT molecular complexity index is 416. The highest BCUT2D eigenvalue weighted by molar-refractivity contribution is 9.10. The highest BCUT2D eigenvalue weighted by Gasteiger charge is 2.09. The molecule has 0 saturated heterocycles. The Kier molecular flexibility index (Phi) is 4.30. The van der Waals surface area contributed by atoms with Gasteiger partial charge in [0.2, 0.25) is 0 Å². The first-order chi connectivity index (χ1) is 7.54. The van der Waals surface area contributed by atoms with Gasteiger partial charge in [0.05, 0.1) is 17.1 Å².